The number of nitrogens with one attached hydrogen (secondary N) is 2. The van der Waals surface area contributed by atoms with Gasteiger partial charge in [0.1, 0.15) is 5.82 Å². The van der Waals surface area contributed by atoms with Gasteiger partial charge in [0, 0.05) is 17.7 Å². The summed E-state index contributed by atoms with van der Waals surface area (Å²) in [7, 11) is 0. The number of hydrogen-bond donors (Lipinski definition) is 2. The molecule has 3 aromatic carbocycles. The van der Waals surface area contributed by atoms with Gasteiger partial charge in [-0.25, -0.2) is 4.39 Å². The predicted octanol–water partition coefficient (Wildman–Crippen LogP) is 7.11. The summed E-state index contributed by atoms with van der Waals surface area (Å²) in [4.78, 5) is 13.5. The zero-order valence-corrected chi connectivity index (χ0v) is 18.0. The fourth-order valence-corrected chi connectivity index (χ4v) is 4.86. The monoisotopic (exact) mass is 452 g/mol. The maximum atomic E-state index is 13.5. The second-order valence-corrected chi connectivity index (χ2v) is 8.65. The number of carbonyl (C=O) groups excluding carboxylic acids is 1. The van der Waals surface area contributed by atoms with Gasteiger partial charge in [0.05, 0.1) is 27.5 Å². The van der Waals surface area contributed by atoms with Gasteiger partial charge in [-0.1, -0.05) is 59.6 Å². The Hall–Kier alpha value is -2.82. The standard InChI is InChI=1S/C25H19Cl2FN2O/c26-18-5-3-4-17(24(18)27)25-23-21(29-19-6-1-2-7-20(19)30-25)12-15(13-22(23)31)14-8-10-16(28)11-9-14/h1-11,15,25,29-30H,12-13H2. The molecule has 2 aliphatic rings. The lowest BCUT2D eigenvalue weighted by molar-refractivity contribution is -0.116. The average Bonchev–Trinajstić information content (AvgIpc) is 2.93. The molecular formula is C25H19Cl2FN2O. The number of anilines is 2. The van der Waals surface area contributed by atoms with E-state index in [1.807, 2.05) is 36.4 Å². The molecule has 0 amide bonds. The predicted molar refractivity (Wildman–Crippen MR) is 123 cm³/mol. The van der Waals surface area contributed by atoms with Gasteiger partial charge in [-0.15, -0.1) is 0 Å². The highest BCUT2D eigenvalue weighted by Gasteiger charge is 2.36. The van der Waals surface area contributed by atoms with Crippen LogP contribution < -0.4 is 10.6 Å². The summed E-state index contributed by atoms with van der Waals surface area (Å²) in [5.74, 6) is -0.281. The highest BCUT2D eigenvalue weighted by molar-refractivity contribution is 6.42. The molecule has 0 saturated heterocycles. The van der Waals surface area contributed by atoms with E-state index in [-0.39, 0.29) is 17.5 Å². The number of para-hydroxylation sites is 2. The van der Waals surface area contributed by atoms with Crippen molar-refractivity contribution < 1.29 is 9.18 Å². The van der Waals surface area contributed by atoms with Crippen molar-refractivity contribution in [3.8, 4) is 0 Å². The third kappa shape index (κ3) is 3.71. The molecule has 2 N–H and O–H groups in total. The minimum Gasteiger partial charge on any atom is -0.372 e. The molecule has 0 aromatic heterocycles. The summed E-state index contributed by atoms with van der Waals surface area (Å²) in [5, 5.41) is 7.86. The van der Waals surface area contributed by atoms with Crippen molar-refractivity contribution in [2.24, 2.45) is 0 Å². The summed E-state index contributed by atoms with van der Waals surface area (Å²) < 4.78 is 13.4. The van der Waals surface area contributed by atoms with Crippen LogP contribution in [0.5, 0.6) is 0 Å². The molecule has 5 rings (SSSR count). The topological polar surface area (TPSA) is 41.1 Å². The van der Waals surface area contributed by atoms with Crippen LogP contribution in [0.25, 0.3) is 0 Å². The van der Waals surface area contributed by atoms with Crippen LogP contribution >= 0.6 is 23.2 Å². The Bertz CT molecular complexity index is 1210. The normalized spacial score (nSPS) is 20.3. The van der Waals surface area contributed by atoms with Gasteiger partial charge in [-0.3, -0.25) is 4.79 Å². The number of halogens is 3. The summed E-state index contributed by atoms with van der Waals surface area (Å²) >= 11 is 12.9. The Morgan fingerprint density at radius 3 is 2.39 bits per heavy atom. The molecule has 1 aliphatic heterocycles. The Balaban J connectivity index is 1.63. The van der Waals surface area contributed by atoms with E-state index in [9.17, 15) is 9.18 Å². The van der Waals surface area contributed by atoms with Crippen LogP contribution in [0, 0.1) is 5.82 Å². The molecule has 2 atom stereocenters. The number of benzene rings is 3. The first-order chi connectivity index (χ1) is 15.0. The quantitative estimate of drug-likeness (QED) is 0.435. The Kier molecular flexibility index (Phi) is 5.20. The Morgan fingerprint density at radius 1 is 0.871 bits per heavy atom. The minimum atomic E-state index is -0.431. The van der Waals surface area contributed by atoms with E-state index < -0.39 is 6.04 Å². The summed E-state index contributed by atoms with van der Waals surface area (Å²) in [5.41, 5.74) is 5.00. The largest absolute Gasteiger partial charge is 0.372 e. The van der Waals surface area contributed by atoms with Gasteiger partial charge >= 0.3 is 0 Å². The highest BCUT2D eigenvalue weighted by atomic mass is 35.5. The number of ketones is 1. The maximum Gasteiger partial charge on any atom is 0.163 e. The van der Waals surface area contributed by atoms with Gasteiger partial charge < -0.3 is 10.6 Å². The maximum absolute atomic E-state index is 13.5. The van der Waals surface area contributed by atoms with Crippen LogP contribution in [0.4, 0.5) is 15.8 Å². The van der Waals surface area contributed by atoms with Crippen LogP contribution in [0.2, 0.25) is 10.0 Å². The third-order valence-corrected chi connectivity index (χ3v) is 6.78. The zero-order chi connectivity index (χ0) is 21.5. The molecule has 0 fully saturated rings. The van der Waals surface area contributed by atoms with Crippen molar-refractivity contribution in [1.82, 2.24) is 0 Å². The van der Waals surface area contributed by atoms with E-state index in [4.69, 9.17) is 23.2 Å². The summed E-state index contributed by atoms with van der Waals surface area (Å²) in [6.45, 7) is 0. The van der Waals surface area contributed by atoms with E-state index in [0.717, 1.165) is 28.2 Å². The minimum absolute atomic E-state index is 0.0277. The van der Waals surface area contributed by atoms with Gasteiger partial charge in [0.15, 0.2) is 5.78 Å². The lowest BCUT2D eigenvalue weighted by Gasteiger charge is -2.30. The number of carbonyl (C=O) groups is 1. The van der Waals surface area contributed by atoms with Crippen molar-refractivity contribution in [3.05, 3.63) is 105 Å². The van der Waals surface area contributed by atoms with Crippen molar-refractivity contribution >= 4 is 40.4 Å². The van der Waals surface area contributed by atoms with Crippen molar-refractivity contribution in [3.63, 3.8) is 0 Å². The van der Waals surface area contributed by atoms with E-state index in [0.29, 0.717) is 28.5 Å². The Labute approximate surface area is 189 Å². The Morgan fingerprint density at radius 2 is 1.61 bits per heavy atom. The van der Waals surface area contributed by atoms with E-state index in [1.54, 1.807) is 18.2 Å². The molecule has 0 radical (unpaired) electrons. The third-order valence-electron chi connectivity index (χ3n) is 5.94. The van der Waals surface area contributed by atoms with Crippen molar-refractivity contribution in [2.45, 2.75) is 24.8 Å². The number of rotatable bonds is 2. The average molecular weight is 453 g/mol. The molecular weight excluding hydrogens is 434 g/mol. The lowest BCUT2D eigenvalue weighted by atomic mass is 9.78. The number of fused-ring (bicyclic) bond motifs is 1. The van der Waals surface area contributed by atoms with Crippen molar-refractivity contribution in [1.29, 1.82) is 0 Å². The second-order valence-electron chi connectivity index (χ2n) is 7.86. The molecule has 1 heterocycles. The van der Waals surface area contributed by atoms with Crippen LogP contribution in [-0.4, -0.2) is 5.78 Å². The SMILES string of the molecule is O=C1CC(c2ccc(F)cc2)CC2=C1C(c1cccc(Cl)c1Cl)Nc1ccccc1N2. The molecule has 3 aromatic rings. The molecule has 1 aliphatic carbocycles. The zero-order valence-electron chi connectivity index (χ0n) is 16.5. The molecule has 31 heavy (non-hydrogen) atoms. The number of hydrogen-bond acceptors (Lipinski definition) is 3. The van der Waals surface area contributed by atoms with Crippen LogP contribution in [0.3, 0.4) is 0 Å². The first-order valence-corrected chi connectivity index (χ1v) is 10.8. The first kappa shape index (κ1) is 20.1. The summed E-state index contributed by atoms with van der Waals surface area (Å²) in [6.07, 6.45) is 0.982. The molecule has 0 bridgehead atoms. The fourth-order valence-electron chi connectivity index (χ4n) is 4.44. The number of Topliss-reactive ketones (excluding diaryl/α,β-unsaturated/α-hetero) is 1. The van der Waals surface area contributed by atoms with Crippen LogP contribution in [0.15, 0.2) is 78.0 Å². The van der Waals surface area contributed by atoms with Crippen molar-refractivity contribution in [2.75, 3.05) is 10.6 Å². The molecule has 0 spiro atoms. The highest BCUT2D eigenvalue weighted by Crippen LogP contribution is 2.46. The lowest BCUT2D eigenvalue weighted by Crippen LogP contribution is -2.27. The fraction of sp³-hybridized carbons (Fsp3) is 0.160. The van der Waals surface area contributed by atoms with Crippen LogP contribution in [0.1, 0.15) is 35.9 Å². The smallest absolute Gasteiger partial charge is 0.163 e. The molecule has 2 unspecified atom stereocenters. The molecule has 6 heteroatoms. The molecule has 0 saturated carbocycles. The molecule has 3 nitrogen and oxygen atoms in total. The van der Waals surface area contributed by atoms with Gasteiger partial charge in [-0.2, -0.15) is 0 Å². The molecule has 156 valence electrons. The van der Waals surface area contributed by atoms with Crippen LogP contribution in [-0.2, 0) is 4.79 Å². The van der Waals surface area contributed by atoms with Gasteiger partial charge in [-0.05, 0) is 53.8 Å². The summed E-state index contributed by atoms with van der Waals surface area (Å²) in [6, 6.07) is 19.3. The number of allylic oxidation sites excluding steroid dienone is 1. The van der Waals surface area contributed by atoms with Gasteiger partial charge in [0.25, 0.3) is 0 Å². The van der Waals surface area contributed by atoms with E-state index in [1.165, 1.54) is 12.1 Å². The first-order valence-electron chi connectivity index (χ1n) is 10.1. The van der Waals surface area contributed by atoms with Gasteiger partial charge in [0.2, 0.25) is 0 Å². The van der Waals surface area contributed by atoms with E-state index in [2.05, 4.69) is 10.6 Å². The second kappa shape index (κ2) is 8.03. The van der Waals surface area contributed by atoms with E-state index >= 15 is 0 Å².